The van der Waals surface area contributed by atoms with Crippen molar-refractivity contribution >= 4 is 27.8 Å². The molecule has 33 heavy (non-hydrogen) atoms. The van der Waals surface area contributed by atoms with Crippen molar-refractivity contribution in [3.05, 3.63) is 30.3 Å². The number of aromatic hydroxyl groups is 1. The molecule has 1 amide bonds. The first kappa shape index (κ1) is 22.5. The molecule has 1 aliphatic carbocycles. The highest BCUT2D eigenvalue weighted by Gasteiger charge is 2.47. The molecular weight excluding hydrogens is 457 g/mol. The molecule has 2 aromatic rings. The SMILES string of the molecule is CC(C)C(=O)OCN1C(=O)CN(c2c(O)ccc(-c3cnn(C4(C#N)CC4)c3)c2F)S1(=O)=O. The van der Waals surface area contributed by atoms with Crippen LogP contribution in [0.25, 0.3) is 11.1 Å². The molecule has 1 aromatic heterocycles. The fourth-order valence-corrected chi connectivity index (χ4v) is 4.79. The van der Waals surface area contributed by atoms with Gasteiger partial charge in [0.15, 0.2) is 12.5 Å². The molecule has 1 saturated heterocycles. The van der Waals surface area contributed by atoms with Crippen molar-refractivity contribution in [1.29, 1.82) is 5.26 Å². The number of phenols is 1. The number of nitrogens with zero attached hydrogens (tertiary/aromatic N) is 5. The number of hydrogen-bond donors (Lipinski definition) is 1. The van der Waals surface area contributed by atoms with Crippen LogP contribution >= 0.6 is 0 Å². The van der Waals surface area contributed by atoms with Crippen LogP contribution in [-0.4, -0.2) is 52.8 Å². The Morgan fingerprint density at radius 2 is 2.09 bits per heavy atom. The summed E-state index contributed by atoms with van der Waals surface area (Å²) in [5, 5.41) is 23.7. The number of esters is 1. The largest absolute Gasteiger partial charge is 0.506 e. The molecule has 0 bridgehead atoms. The van der Waals surface area contributed by atoms with Crippen molar-refractivity contribution in [2.45, 2.75) is 32.2 Å². The van der Waals surface area contributed by atoms with Crippen LogP contribution in [0.5, 0.6) is 5.75 Å². The molecule has 1 aliphatic heterocycles. The van der Waals surface area contributed by atoms with E-state index in [4.69, 9.17) is 4.74 Å². The molecule has 4 rings (SSSR count). The first-order valence-corrected chi connectivity index (χ1v) is 11.4. The molecule has 0 unspecified atom stereocenters. The van der Waals surface area contributed by atoms with Crippen molar-refractivity contribution in [3.8, 4) is 22.9 Å². The van der Waals surface area contributed by atoms with Gasteiger partial charge in [-0.15, -0.1) is 0 Å². The summed E-state index contributed by atoms with van der Waals surface area (Å²) in [5.41, 5.74) is -1.30. The summed E-state index contributed by atoms with van der Waals surface area (Å²) in [7, 11) is -4.63. The van der Waals surface area contributed by atoms with Crippen LogP contribution in [0.4, 0.5) is 10.1 Å². The number of halogens is 1. The summed E-state index contributed by atoms with van der Waals surface area (Å²) in [4.78, 5) is 24.0. The number of ether oxygens (including phenoxy) is 1. The highest BCUT2D eigenvalue weighted by molar-refractivity contribution is 7.91. The van der Waals surface area contributed by atoms with Crippen molar-refractivity contribution in [2.75, 3.05) is 17.6 Å². The molecule has 2 fully saturated rings. The zero-order chi connectivity index (χ0) is 24.1. The van der Waals surface area contributed by atoms with Crippen LogP contribution in [0, 0.1) is 23.1 Å². The monoisotopic (exact) mass is 477 g/mol. The average Bonchev–Trinajstić information content (AvgIpc) is 3.34. The van der Waals surface area contributed by atoms with Crippen molar-refractivity contribution in [2.24, 2.45) is 5.92 Å². The van der Waals surface area contributed by atoms with E-state index in [-0.39, 0.29) is 11.1 Å². The molecule has 0 atom stereocenters. The third-order valence-electron chi connectivity index (χ3n) is 5.52. The maximum Gasteiger partial charge on any atom is 0.332 e. The van der Waals surface area contributed by atoms with Gasteiger partial charge in [-0.3, -0.25) is 14.3 Å². The summed E-state index contributed by atoms with van der Waals surface area (Å²) in [5.74, 6) is -3.99. The Balaban J connectivity index is 1.68. The number of anilines is 1. The average molecular weight is 477 g/mol. The Kier molecular flexibility index (Phi) is 5.28. The topological polar surface area (TPSA) is 146 Å². The van der Waals surface area contributed by atoms with Crippen LogP contribution < -0.4 is 4.31 Å². The Morgan fingerprint density at radius 1 is 1.39 bits per heavy atom. The highest BCUT2D eigenvalue weighted by atomic mass is 32.2. The minimum absolute atomic E-state index is 0.0740. The summed E-state index contributed by atoms with van der Waals surface area (Å²) < 4.78 is 48.4. The zero-order valence-corrected chi connectivity index (χ0v) is 18.5. The van der Waals surface area contributed by atoms with E-state index in [0.29, 0.717) is 21.5 Å². The van der Waals surface area contributed by atoms with Crippen molar-refractivity contribution < 1.29 is 32.2 Å². The number of benzene rings is 1. The van der Waals surface area contributed by atoms with Gasteiger partial charge in [0, 0.05) is 17.3 Å². The minimum atomic E-state index is -4.63. The number of phenolic OH excluding ortho intramolecular Hbond substituents is 1. The summed E-state index contributed by atoms with van der Waals surface area (Å²) in [6.45, 7) is 1.43. The number of aromatic nitrogens is 2. The molecule has 0 spiro atoms. The molecule has 0 radical (unpaired) electrons. The lowest BCUT2D eigenvalue weighted by Crippen LogP contribution is -2.37. The van der Waals surface area contributed by atoms with E-state index in [2.05, 4.69) is 11.2 Å². The maximum absolute atomic E-state index is 15.5. The third kappa shape index (κ3) is 3.66. The number of carbonyl (C=O) groups excluding carboxylic acids is 2. The molecular formula is C20H20FN5O6S. The molecule has 13 heteroatoms. The number of carbonyl (C=O) groups is 2. The predicted octanol–water partition coefficient (Wildman–Crippen LogP) is 1.46. The summed E-state index contributed by atoms with van der Waals surface area (Å²) in [6, 6.07) is 4.51. The molecule has 1 N–H and O–H groups in total. The van der Waals surface area contributed by atoms with Gasteiger partial charge in [0.1, 0.15) is 23.5 Å². The van der Waals surface area contributed by atoms with E-state index in [1.165, 1.54) is 37.0 Å². The minimum Gasteiger partial charge on any atom is -0.506 e. The second kappa shape index (κ2) is 7.73. The Morgan fingerprint density at radius 3 is 2.70 bits per heavy atom. The smallest absolute Gasteiger partial charge is 0.332 e. The van der Waals surface area contributed by atoms with E-state index < -0.39 is 64.1 Å². The number of nitriles is 1. The lowest BCUT2D eigenvalue weighted by Gasteiger charge is -2.21. The van der Waals surface area contributed by atoms with Crippen molar-refractivity contribution in [3.63, 3.8) is 0 Å². The van der Waals surface area contributed by atoms with E-state index >= 15 is 4.39 Å². The van der Waals surface area contributed by atoms with E-state index in [0.717, 1.165) is 6.07 Å². The van der Waals surface area contributed by atoms with Crippen LogP contribution in [0.2, 0.25) is 0 Å². The van der Waals surface area contributed by atoms with E-state index in [1.54, 1.807) is 0 Å². The standard InChI is InChI=1S/C20H20FN5O6S/c1-12(2)19(29)32-11-25-16(28)9-24(33(25,30)31)18-15(27)4-3-14(17(18)21)13-7-23-26(8-13)20(10-22)5-6-20/h3-4,7-8,12,27H,5-6,9,11H2,1-2H3. The lowest BCUT2D eigenvalue weighted by molar-refractivity contribution is -0.151. The third-order valence-corrected chi connectivity index (χ3v) is 7.25. The zero-order valence-electron chi connectivity index (χ0n) is 17.7. The second-order valence-corrected chi connectivity index (χ2v) is 9.89. The first-order chi connectivity index (χ1) is 15.5. The van der Waals surface area contributed by atoms with Gasteiger partial charge in [0.2, 0.25) is 0 Å². The Labute approximate surface area is 188 Å². The second-order valence-electron chi connectivity index (χ2n) is 8.12. The first-order valence-electron chi connectivity index (χ1n) is 10.00. The predicted molar refractivity (Wildman–Crippen MR) is 111 cm³/mol. The summed E-state index contributed by atoms with van der Waals surface area (Å²) >= 11 is 0. The van der Waals surface area contributed by atoms with Crippen molar-refractivity contribution in [1.82, 2.24) is 14.1 Å². The fourth-order valence-electron chi connectivity index (χ4n) is 3.37. The number of rotatable bonds is 6. The number of hydrogen-bond acceptors (Lipinski definition) is 8. The van der Waals surface area contributed by atoms with Crippen LogP contribution in [0.15, 0.2) is 24.5 Å². The van der Waals surface area contributed by atoms with Crippen LogP contribution in [0.3, 0.4) is 0 Å². The van der Waals surface area contributed by atoms with Gasteiger partial charge in [-0.05, 0) is 25.0 Å². The lowest BCUT2D eigenvalue weighted by atomic mass is 10.1. The van der Waals surface area contributed by atoms with Gasteiger partial charge >= 0.3 is 16.2 Å². The van der Waals surface area contributed by atoms with Gasteiger partial charge in [-0.25, -0.2) is 8.70 Å². The van der Waals surface area contributed by atoms with Gasteiger partial charge in [-0.2, -0.15) is 23.1 Å². The fraction of sp³-hybridized carbons (Fsp3) is 0.400. The maximum atomic E-state index is 15.5. The Bertz CT molecular complexity index is 1290. The van der Waals surface area contributed by atoms with Gasteiger partial charge in [0.25, 0.3) is 5.91 Å². The van der Waals surface area contributed by atoms with Crippen LogP contribution in [0.1, 0.15) is 26.7 Å². The van der Waals surface area contributed by atoms with E-state index in [1.807, 2.05) is 0 Å². The Hall–Kier alpha value is -3.66. The number of amides is 1. The molecule has 2 aliphatic rings. The van der Waals surface area contributed by atoms with E-state index in [9.17, 15) is 28.4 Å². The van der Waals surface area contributed by atoms with Gasteiger partial charge < -0.3 is 9.84 Å². The summed E-state index contributed by atoms with van der Waals surface area (Å²) in [6.07, 6.45) is 4.02. The van der Waals surface area contributed by atoms with Gasteiger partial charge in [0.05, 0.1) is 18.2 Å². The normalized spacial score (nSPS) is 18.5. The molecule has 174 valence electrons. The highest BCUT2D eigenvalue weighted by Crippen LogP contribution is 2.44. The quantitative estimate of drug-likeness (QED) is 0.615. The molecule has 11 nitrogen and oxygen atoms in total. The molecule has 1 aromatic carbocycles. The van der Waals surface area contributed by atoms with Crippen LogP contribution in [-0.2, 0) is 30.1 Å². The molecule has 1 saturated carbocycles. The molecule has 2 heterocycles. The van der Waals surface area contributed by atoms with Gasteiger partial charge in [-0.1, -0.05) is 13.8 Å².